The molecule has 0 aromatic heterocycles. The lowest BCUT2D eigenvalue weighted by Gasteiger charge is -2.28. The molecular weight excluding hydrogens is 278 g/mol. The Morgan fingerprint density at radius 2 is 2.06 bits per heavy atom. The molecule has 0 unspecified atom stereocenters. The van der Waals surface area contributed by atoms with Crippen molar-refractivity contribution in [3.05, 3.63) is 33.8 Å². The van der Waals surface area contributed by atoms with Crippen molar-refractivity contribution in [2.75, 3.05) is 13.7 Å². The lowest BCUT2D eigenvalue weighted by atomic mass is 9.79. The van der Waals surface area contributed by atoms with E-state index >= 15 is 0 Å². The topological polar surface area (TPSA) is 35.2 Å². The first-order valence-electron chi connectivity index (χ1n) is 6.20. The Balaban J connectivity index is 2.30. The average Bonchev–Trinajstić information content (AvgIpc) is 2.82. The monoisotopic (exact) mass is 297 g/mol. The standard InChI is InChI=1S/C14H20BrNO/c1-17-9-11-4-5-12(8-13(11)15)14(10-16)6-2-3-7-14/h4-5,8H,2-3,6-7,9-10,16H2,1H3. The first-order chi connectivity index (χ1) is 8.22. The van der Waals surface area contributed by atoms with Crippen LogP contribution in [0.3, 0.4) is 0 Å². The van der Waals surface area contributed by atoms with E-state index in [4.69, 9.17) is 10.5 Å². The summed E-state index contributed by atoms with van der Waals surface area (Å²) in [6, 6.07) is 6.60. The minimum Gasteiger partial charge on any atom is -0.380 e. The minimum atomic E-state index is 0.216. The second-order valence-corrected chi connectivity index (χ2v) is 5.79. The van der Waals surface area contributed by atoms with Gasteiger partial charge >= 0.3 is 0 Å². The van der Waals surface area contributed by atoms with Crippen LogP contribution >= 0.6 is 15.9 Å². The van der Waals surface area contributed by atoms with Crippen LogP contribution in [0.25, 0.3) is 0 Å². The van der Waals surface area contributed by atoms with Gasteiger partial charge in [-0.1, -0.05) is 40.9 Å². The van der Waals surface area contributed by atoms with Crippen LogP contribution in [0.1, 0.15) is 36.8 Å². The zero-order valence-electron chi connectivity index (χ0n) is 10.3. The van der Waals surface area contributed by atoms with E-state index in [-0.39, 0.29) is 5.41 Å². The second kappa shape index (κ2) is 5.51. The van der Waals surface area contributed by atoms with E-state index < -0.39 is 0 Å². The van der Waals surface area contributed by atoms with Crippen LogP contribution in [0.4, 0.5) is 0 Å². The molecule has 94 valence electrons. The number of ether oxygens (including phenoxy) is 1. The van der Waals surface area contributed by atoms with Gasteiger partial charge in [-0.05, 0) is 30.0 Å². The minimum absolute atomic E-state index is 0.216. The van der Waals surface area contributed by atoms with Gasteiger partial charge in [0.05, 0.1) is 6.61 Å². The van der Waals surface area contributed by atoms with Gasteiger partial charge < -0.3 is 10.5 Å². The van der Waals surface area contributed by atoms with Crippen LogP contribution in [0.5, 0.6) is 0 Å². The molecule has 0 saturated heterocycles. The fourth-order valence-corrected chi connectivity index (χ4v) is 3.31. The third kappa shape index (κ3) is 2.56. The highest BCUT2D eigenvalue weighted by atomic mass is 79.9. The maximum Gasteiger partial charge on any atom is 0.0724 e. The average molecular weight is 298 g/mol. The number of rotatable bonds is 4. The molecule has 3 heteroatoms. The number of halogens is 1. The number of benzene rings is 1. The smallest absolute Gasteiger partial charge is 0.0724 e. The van der Waals surface area contributed by atoms with Crippen LogP contribution in [-0.4, -0.2) is 13.7 Å². The molecule has 0 heterocycles. The summed E-state index contributed by atoms with van der Waals surface area (Å²) in [4.78, 5) is 0. The molecule has 0 radical (unpaired) electrons. The van der Waals surface area contributed by atoms with Crippen LogP contribution in [0.2, 0.25) is 0 Å². The van der Waals surface area contributed by atoms with Crippen molar-refractivity contribution in [3.8, 4) is 0 Å². The fraction of sp³-hybridized carbons (Fsp3) is 0.571. The van der Waals surface area contributed by atoms with Gasteiger partial charge in [-0.15, -0.1) is 0 Å². The third-order valence-electron chi connectivity index (χ3n) is 3.92. The van der Waals surface area contributed by atoms with Gasteiger partial charge in [0.15, 0.2) is 0 Å². The predicted molar refractivity (Wildman–Crippen MR) is 74.1 cm³/mol. The van der Waals surface area contributed by atoms with Gasteiger partial charge in [-0.3, -0.25) is 0 Å². The normalized spacial score (nSPS) is 18.5. The molecule has 0 spiro atoms. The van der Waals surface area contributed by atoms with Crippen molar-refractivity contribution in [1.82, 2.24) is 0 Å². The molecule has 1 aromatic carbocycles. The Hall–Kier alpha value is -0.380. The Labute approximate surface area is 112 Å². The van der Waals surface area contributed by atoms with Crippen molar-refractivity contribution in [2.24, 2.45) is 5.73 Å². The summed E-state index contributed by atoms with van der Waals surface area (Å²) < 4.78 is 6.31. The zero-order chi connectivity index (χ0) is 12.3. The van der Waals surface area contributed by atoms with Crippen molar-refractivity contribution >= 4 is 15.9 Å². The van der Waals surface area contributed by atoms with Crippen LogP contribution in [0, 0.1) is 0 Å². The van der Waals surface area contributed by atoms with E-state index in [0.29, 0.717) is 6.61 Å². The van der Waals surface area contributed by atoms with Crippen LogP contribution in [0.15, 0.2) is 22.7 Å². The van der Waals surface area contributed by atoms with Crippen LogP contribution in [-0.2, 0) is 16.8 Å². The Bertz CT molecular complexity index is 386. The van der Waals surface area contributed by atoms with Gasteiger partial charge in [0.1, 0.15) is 0 Å². The van der Waals surface area contributed by atoms with E-state index in [1.54, 1.807) is 7.11 Å². The summed E-state index contributed by atoms with van der Waals surface area (Å²) in [6.45, 7) is 1.40. The molecule has 1 aromatic rings. The summed E-state index contributed by atoms with van der Waals surface area (Å²) >= 11 is 3.63. The summed E-state index contributed by atoms with van der Waals surface area (Å²) in [7, 11) is 1.72. The summed E-state index contributed by atoms with van der Waals surface area (Å²) in [5, 5.41) is 0. The lowest BCUT2D eigenvalue weighted by molar-refractivity contribution is 0.184. The van der Waals surface area contributed by atoms with Crippen molar-refractivity contribution < 1.29 is 4.74 Å². The molecule has 1 fully saturated rings. The van der Waals surface area contributed by atoms with E-state index in [2.05, 4.69) is 34.1 Å². The molecule has 2 rings (SSSR count). The quantitative estimate of drug-likeness (QED) is 0.925. The van der Waals surface area contributed by atoms with Gasteiger partial charge in [0.25, 0.3) is 0 Å². The summed E-state index contributed by atoms with van der Waals surface area (Å²) in [5.74, 6) is 0. The zero-order valence-corrected chi connectivity index (χ0v) is 11.9. The Kier molecular flexibility index (Phi) is 4.23. The molecule has 2 nitrogen and oxygen atoms in total. The second-order valence-electron chi connectivity index (χ2n) is 4.93. The highest BCUT2D eigenvalue weighted by Gasteiger charge is 2.34. The predicted octanol–water partition coefficient (Wildman–Crippen LogP) is 3.37. The molecule has 0 atom stereocenters. The largest absolute Gasteiger partial charge is 0.380 e. The summed E-state index contributed by atoms with van der Waals surface area (Å²) in [5.41, 5.74) is 8.80. The number of methoxy groups -OCH3 is 1. The van der Waals surface area contributed by atoms with E-state index in [0.717, 1.165) is 11.0 Å². The summed E-state index contributed by atoms with van der Waals surface area (Å²) in [6.07, 6.45) is 5.04. The third-order valence-corrected chi connectivity index (χ3v) is 4.65. The highest BCUT2D eigenvalue weighted by Crippen LogP contribution is 2.41. The van der Waals surface area contributed by atoms with E-state index in [9.17, 15) is 0 Å². The molecular formula is C14H20BrNO. The maximum atomic E-state index is 6.01. The molecule has 1 saturated carbocycles. The molecule has 0 aliphatic heterocycles. The highest BCUT2D eigenvalue weighted by molar-refractivity contribution is 9.10. The van der Waals surface area contributed by atoms with E-state index in [1.807, 2.05) is 0 Å². The molecule has 1 aliphatic rings. The molecule has 0 amide bonds. The van der Waals surface area contributed by atoms with Crippen molar-refractivity contribution in [3.63, 3.8) is 0 Å². The SMILES string of the molecule is COCc1ccc(C2(CN)CCCC2)cc1Br. The Morgan fingerprint density at radius 3 is 2.59 bits per heavy atom. The molecule has 1 aliphatic carbocycles. The Morgan fingerprint density at radius 1 is 1.35 bits per heavy atom. The number of nitrogens with two attached hydrogens (primary N) is 1. The molecule has 17 heavy (non-hydrogen) atoms. The van der Waals surface area contributed by atoms with E-state index in [1.165, 1.54) is 36.8 Å². The van der Waals surface area contributed by atoms with Gasteiger partial charge in [0.2, 0.25) is 0 Å². The number of hydrogen-bond donors (Lipinski definition) is 1. The molecule has 2 N–H and O–H groups in total. The van der Waals surface area contributed by atoms with Gasteiger partial charge in [0, 0.05) is 23.5 Å². The van der Waals surface area contributed by atoms with Crippen molar-refractivity contribution in [1.29, 1.82) is 0 Å². The first kappa shape index (κ1) is 13.1. The van der Waals surface area contributed by atoms with Gasteiger partial charge in [-0.2, -0.15) is 0 Å². The van der Waals surface area contributed by atoms with Crippen LogP contribution < -0.4 is 5.73 Å². The maximum absolute atomic E-state index is 6.01. The molecule has 0 bridgehead atoms. The first-order valence-corrected chi connectivity index (χ1v) is 6.99. The fourth-order valence-electron chi connectivity index (χ4n) is 2.81. The number of hydrogen-bond acceptors (Lipinski definition) is 2. The lowest BCUT2D eigenvalue weighted by Crippen LogP contribution is -2.32. The van der Waals surface area contributed by atoms with Crippen molar-refractivity contribution in [2.45, 2.75) is 37.7 Å². The van der Waals surface area contributed by atoms with Gasteiger partial charge in [-0.25, -0.2) is 0 Å².